The number of rotatable bonds is 76. The molecule has 17 nitrogen and oxygen atoms in total. The van der Waals surface area contributed by atoms with E-state index in [1.54, 1.807) is 0 Å². The van der Waals surface area contributed by atoms with E-state index in [-0.39, 0.29) is 25.7 Å². The number of ether oxygens (including phenoxy) is 4. The summed E-state index contributed by atoms with van der Waals surface area (Å²) in [6.07, 6.45) is 63.3. The summed E-state index contributed by atoms with van der Waals surface area (Å²) in [4.78, 5) is 72.8. The summed E-state index contributed by atoms with van der Waals surface area (Å²) in [6, 6.07) is 0. The molecule has 0 aromatic heterocycles. The van der Waals surface area contributed by atoms with Gasteiger partial charge in [0.2, 0.25) is 0 Å². The van der Waals surface area contributed by atoms with Crippen molar-refractivity contribution in [1.29, 1.82) is 0 Å². The van der Waals surface area contributed by atoms with Crippen molar-refractivity contribution in [3.8, 4) is 0 Å². The molecule has 0 aliphatic carbocycles. The average molecular weight is 1420 g/mol. The van der Waals surface area contributed by atoms with Crippen LogP contribution < -0.4 is 0 Å². The summed E-state index contributed by atoms with van der Waals surface area (Å²) in [5, 5.41) is 10.6. The Hall–Kier alpha value is -2.46. The predicted molar refractivity (Wildman–Crippen MR) is 395 cm³/mol. The number of carbonyl (C=O) groups excluding carboxylic acids is 4. The molecule has 5 atom stereocenters. The van der Waals surface area contributed by atoms with Crippen LogP contribution in [0.1, 0.15) is 388 Å². The Morgan fingerprint density at radius 1 is 0.320 bits per heavy atom. The van der Waals surface area contributed by atoms with E-state index < -0.39 is 97.5 Å². The number of hydrogen-bond acceptors (Lipinski definition) is 15. The maximum atomic E-state index is 13.1. The normalized spacial score (nSPS) is 14.1. The lowest BCUT2D eigenvalue weighted by molar-refractivity contribution is -0.161. The van der Waals surface area contributed by atoms with E-state index in [1.165, 1.54) is 193 Å². The molecular weight excluding hydrogens is 1270 g/mol. The SMILES string of the molecule is CCCCCC/C=C\C=C/CCCCCCCC(=O)OC[C@H](COP(=O)(O)OC[C@@H](O)COP(=O)(O)OC[C@@H](COC(=O)CCCCCCCCCCC)OC(=O)CCCCCCCCCCCCC(C)C)OC(=O)CCCCCCCCCCCCCCCCCCCCCC. The monoisotopic (exact) mass is 1420 g/mol. The second-order valence-electron chi connectivity index (χ2n) is 27.9. The zero-order valence-electron chi connectivity index (χ0n) is 62.7. The number of carbonyl (C=O) groups is 4. The van der Waals surface area contributed by atoms with Gasteiger partial charge in [-0.15, -0.1) is 0 Å². The van der Waals surface area contributed by atoms with Crippen LogP contribution in [0.4, 0.5) is 0 Å². The van der Waals surface area contributed by atoms with Crippen LogP contribution in [-0.4, -0.2) is 96.7 Å². The molecule has 0 aromatic rings. The van der Waals surface area contributed by atoms with Gasteiger partial charge < -0.3 is 33.8 Å². The van der Waals surface area contributed by atoms with Gasteiger partial charge in [-0.1, -0.05) is 335 Å². The van der Waals surface area contributed by atoms with Gasteiger partial charge in [0, 0.05) is 25.7 Å². The summed E-state index contributed by atoms with van der Waals surface area (Å²) >= 11 is 0. The zero-order valence-corrected chi connectivity index (χ0v) is 64.5. The lowest BCUT2D eigenvalue weighted by Gasteiger charge is -2.21. The minimum Gasteiger partial charge on any atom is -0.462 e. The molecule has 0 fully saturated rings. The van der Waals surface area contributed by atoms with Crippen LogP contribution in [0.3, 0.4) is 0 Å². The molecule has 19 heteroatoms. The first-order valence-corrected chi connectivity index (χ1v) is 42.9. The number of hydrogen-bond donors (Lipinski definition) is 3. The van der Waals surface area contributed by atoms with Crippen molar-refractivity contribution in [2.75, 3.05) is 39.6 Å². The highest BCUT2D eigenvalue weighted by Gasteiger charge is 2.30. The molecule has 572 valence electrons. The van der Waals surface area contributed by atoms with E-state index >= 15 is 0 Å². The third kappa shape index (κ3) is 71.7. The summed E-state index contributed by atoms with van der Waals surface area (Å²) in [7, 11) is -9.92. The van der Waals surface area contributed by atoms with Crippen LogP contribution in [0.2, 0.25) is 0 Å². The Morgan fingerprint density at radius 2 is 0.557 bits per heavy atom. The number of esters is 4. The van der Waals surface area contributed by atoms with Crippen molar-refractivity contribution < 1.29 is 80.2 Å². The number of allylic oxidation sites excluding steroid dienone is 4. The quantitative estimate of drug-likeness (QED) is 0.0169. The molecule has 97 heavy (non-hydrogen) atoms. The second kappa shape index (κ2) is 70.6. The number of phosphoric ester groups is 2. The molecule has 0 bridgehead atoms. The molecule has 0 aromatic carbocycles. The summed E-state index contributed by atoms with van der Waals surface area (Å²) < 4.78 is 68.5. The zero-order chi connectivity index (χ0) is 71.2. The van der Waals surface area contributed by atoms with Crippen molar-refractivity contribution in [1.82, 2.24) is 0 Å². The highest BCUT2D eigenvalue weighted by atomic mass is 31.2. The standard InChI is InChI=1S/C78H148O17P2/c1-6-9-12-15-18-21-23-25-27-28-29-30-31-33-35-37-43-48-53-58-63-77(82)94-74(68-89-76(81)62-57-52-47-42-36-34-32-26-24-22-19-16-13-10-7-2)70-93-97(86,87)91-66-72(79)65-90-96(84,85)92-69-73(67-88-75(80)61-56-51-46-40-20-17-14-11-8-3)95-78(83)64-59-54-49-44-39-38-41-45-50-55-60-71(4)5/h22,24,26,32,71-74,79H,6-21,23,25,27-31,33-70H2,1-5H3,(H,84,85)(H,86,87)/b24-22-,32-26-/t72-,73+,74+/m0/s1. The fraction of sp³-hybridized carbons (Fsp3) is 0.897. The van der Waals surface area contributed by atoms with Crippen molar-refractivity contribution in [3.63, 3.8) is 0 Å². The van der Waals surface area contributed by atoms with Gasteiger partial charge in [0.05, 0.1) is 26.4 Å². The van der Waals surface area contributed by atoms with Crippen molar-refractivity contribution >= 4 is 39.5 Å². The van der Waals surface area contributed by atoms with Gasteiger partial charge >= 0.3 is 39.5 Å². The summed E-state index contributed by atoms with van der Waals surface area (Å²) in [6.45, 7) is 7.21. The van der Waals surface area contributed by atoms with E-state index in [1.807, 2.05) is 0 Å². The fourth-order valence-corrected chi connectivity index (χ4v) is 13.1. The number of aliphatic hydroxyl groups is 1. The maximum Gasteiger partial charge on any atom is 0.472 e. The lowest BCUT2D eigenvalue weighted by Crippen LogP contribution is -2.30. The fourth-order valence-electron chi connectivity index (χ4n) is 11.5. The second-order valence-corrected chi connectivity index (χ2v) is 30.8. The number of phosphoric acid groups is 2. The summed E-state index contributed by atoms with van der Waals surface area (Å²) in [5.41, 5.74) is 0. The molecule has 0 saturated carbocycles. The first-order chi connectivity index (χ1) is 47.0. The van der Waals surface area contributed by atoms with E-state index in [0.717, 1.165) is 115 Å². The van der Waals surface area contributed by atoms with E-state index in [2.05, 4.69) is 58.9 Å². The van der Waals surface area contributed by atoms with Crippen molar-refractivity contribution in [3.05, 3.63) is 24.3 Å². The van der Waals surface area contributed by atoms with Gasteiger partial charge in [-0.05, 0) is 57.3 Å². The maximum absolute atomic E-state index is 13.1. The van der Waals surface area contributed by atoms with Crippen LogP contribution in [0, 0.1) is 5.92 Å². The van der Waals surface area contributed by atoms with Crippen molar-refractivity contribution in [2.24, 2.45) is 5.92 Å². The predicted octanol–water partition coefficient (Wildman–Crippen LogP) is 22.8. The Balaban J connectivity index is 5.24. The lowest BCUT2D eigenvalue weighted by atomic mass is 10.0. The third-order valence-corrected chi connectivity index (χ3v) is 19.6. The molecule has 3 N–H and O–H groups in total. The third-order valence-electron chi connectivity index (χ3n) is 17.7. The van der Waals surface area contributed by atoms with E-state index in [4.69, 9.17) is 37.0 Å². The molecule has 0 radical (unpaired) electrons. The van der Waals surface area contributed by atoms with Gasteiger partial charge in [0.1, 0.15) is 19.3 Å². The van der Waals surface area contributed by atoms with Gasteiger partial charge in [0.25, 0.3) is 0 Å². The first-order valence-electron chi connectivity index (χ1n) is 40.0. The Kier molecular flexibility index (Phi) is 68.8. The largest absolute Gasteiger partial charge is 0.472 e. The minimum absolute atomic E-state index is 0.102. The minimum atomic E-state index is -4.97. The Labute approximate surface area is 592 Å². The average Bonchev–Trinajstić information content (AvgIpc) is 2.04. The number of unbranched alkanes of at least 4 members (excludes halogenated alkanes) is 45. The van der Waals surface area contributed by atoms with Gasteiger partial charge in [0.15, 0.2) is 12.2 Å². The number of aliphatic hydroxyl groups excluding tert-OH is 1. The topological polar surface area (TPSA) is 237 Å². The Morgan fingerprint density at radius 3 is 0.845 bits per heavy atom. The molecule has 0 aliphatic heterocycles. The van der Waals surface area contributed by atoms with Gasteiger partial charge in [-0.2, -0.15) is 0 Å². The van der Waals surface area contributed by atoms with E-state index in [9.17, 15) is 43.2 Å². The molecule has 0 heterocycles. The molecule has 0 rings (SSSR count). The molecular formula is C78H148O17P2. The van der Waals surface area contributed by atoms with Crippen LogP contribution in [0.15, 0.2) is 24.3 Å². The molecule has 0 amide bonds. The van der Waals surface area contributed by atoms with Crippen LogP contribution >= 0.6 is 15.6 Å². The molecule has 0 spiro atoms. The Bertz CT molecular complexity index is 1950. The van der Waals surface area contributed by atoms with Crippen LogP contribution in [-0.2, 0) is 65.4 Å². The molecule has 2 unspecified atom stereocenters. The van der Waals surface area contributed by atoms with Gasteiger partial charge in [-0.3, -0.25) is 37.3 Å². The smallest absolute Gasteiger partial charge is 0.462 e. The molecule has 0 saturated heterocycles. The van der Waals surface area contributed by atoms with Gasteiger partial charge in [-0.25, -0.2) is 9.13 Å². The molecule has 0 aliphatic rings. The van der Waals surface area contributed by atoms with Crippen molar-refractivity contribution in [2.45, 2.75) is 406 Å². The highest BCUT2D eigenvalue weighted by Crippen LogP contribution is 2.45. The van der Waals surface area contributed by atoms with E-state index in [0.29, 0.717) is 25.7 Å². The highest BCUT2D eigenvalue weighted by molar-refractivity contribution is 7.47. The van der Waals surface area contributed by atoms with Crippen LogP contribution in [0.25, 0.3) is 0 Å². The first kappa shape index (κ1) is 94.5. The summed E-state index contributed by atoms with van der Waals surface area (Å²) in [5.74, 6) is -1.39. The van der Waals surface area contributed by atoms with Crippen LogP contribution in [0.5, 0.6) is 0 Å².